The number of carbonyl (C=O) groups excluding carboxylic acids is 1. The van der Waals surface area contributed by atoms with Crippen molar-refractivity contribution < 1.29 is 14.3 Å². The van der Waals surface area contributed by atoms with Gasteiger partial charge in [0.15, 0.2) is 11.5 Å². The van der Waals surface area contributed by atoms with Gasteiger partial charge in [0, 0.05) is 16.6 Å². The van der Waals surface area contributed by atoms with Gasteiger partial charge in [-0.2, -0.15) is 0 Å². The minimum absolute atomic E-state index is 0.256. The number of anilines is 1. The molecule has 0 aliphatic rings. The zero-order valence-electron chi connectivity index (χ0n) is 14.2. The van der Waals surface area contributed by atoms with Gasteiger partial charge in [0.1, 0.15) is 0 Å². The van der Waals surface area contributed by atoms with Crippen molar-refractivity contribution in [1.29, 1.82) is 0 Å². The van der Waals surface area contributed by atoms with Crippen LogP contribution in [0.4, 0.5) is 5.69 Å². The molecular weight excluding hydrogens is 336 g/mol. The molecule has 0 unspecified atom stereocenters. The van der Waals surface area contributed by atoms with Crippen LogP contribution in [0.2, 0.25) is 0 Å². The first-order valence-corrected chi connectivity index (χ1v) is 8.55. The van der Waals surface area contributed by atoms with Crippen LogP contribution in [0.15, 0.2) is 47.8 Å². The lowest BCUT2D eigenvalue weighted by atomic mass is 10.1. The van der Waals surface area contributed by atoms with E-state index in [0.29, 0.717) is 22.7 Å². The molecule has 0 saturated carbocycles. The first-order valence-electron chi connectivity index (χ1n) is 7.67. The average molecular weight is 354 g/mol. The summed E-state index contributed by atoms with van der Waals surface area (Å²) in [6.45, 7) is 1.98. The van der Waals surface area contributed by atoms with E-state index in [2.05, 4.69) is 10.3 Å². The van der Waals surface area contributed by atoms with Gasteiger partial charge in [-0.25, -0.2) is 4.98 Å². The quantitative estimate of drug-likeness (QED) is 0.738. The van der Waals surface area contributed by atoms with Gasteiger partial charge in [-0.1, -0.05) is 18.2 Å². The molecule has 0 atom stereocenters. The van der Waals surface area contributed by atoms with Crippen molar-refractivity contribution in [3.05, 3.63) is 58.4 Å². The number of thiazole rings is 1. The standard InChI is InChI=1S/C19H18N2O3S/c1-12-20-16(11-25-12)13-7-9-14(10-8-13)21-19(22)15-5-4-6-17(23-2)18(15)24-3/h4-11H,1-3H3,(H,21,22). The molecule has 1 aromatic heterocycles. The monoisotopic (exact) mass is 354 g/mol. The summed E-state index contributed by atoms with van der Waals surface area (Å²) in [6, 6.07) is 12.8. The topological polar surface area (TPSA) is 60.5 Å². The highest BCUT2D eigenvalue weighted by molar-refractivity contribution is 7.09. The molecule has 1 heterocycles. The summed E-state index contributed by atoms with van der Waals surface area (Å²) < 4.78 is 10.5. The molecule has 1 amide bonds. The van der Waals surface area contributed by atoms with Crippen molar-refractivity contribution >= 4 is 22.9 Å². The first kappa shape index (κ1) is 17.0. The maximum Gasteiger partial charge on any atom is 0.259 e. The number of hydrogen-bond acceptors (Lipinski definition) is 5. The number of nitrogens with zero attached hydrogens (tertiary/aromatic N) is 1. The van der Waals surface area contributed by atoms with Crippen LogP contribution in [0.25, 0.3) is 11.3 Å². The molecule has 1 N–H and O–H groups in total. The smallest absolute Gasteiger partial charge is 0.259 e. The molecule has 3 rings (SSSR count). The third kappa shape index (κ3) is 3.64. The third-order valence-corrected chi connectivity index (χ3v) is 4.48. The van der Waals surface area contributed by atoms with Gasteiger partial charge in [-0.3, -0.25) is 4.79 Å². The van der Waals surface area contributed by atoms with Gasteiger partial charge in [0.2, 0.25) is 0 Å². The van der Waals surface area contributed by atoms with E-state index in [9.17, 15) is 4.79 Å². The molecular formula is C19H18N2O3S. The molecule has 128 valence electrons. The lowest BCUT2D eigenvalue weighted by Gasteiger charge is -2.12. The van der Waals surface area contributed by atoms with E-state index in [0.717, 1.165) is 16.3 Å². The van der Waals surface area contributed by atoms with Crippen LogP contribution in [0.5, 0.6) is 11.5 Å². The largest absolute Gasteiger partial charge is 0.493 e. The molecule has 2 aromatic carbocycles. The summed E-state index contributed by atoms with van der Waals surface area (Å²) in [7, 11) is 3.05. The van der Waals surface area contributed by atoms with Crippen LogP contribution in [-0.4, -0.2) is 25.1 Å². The highest BCUT2D eigenvalue weighted by Gasteiger charge is 2.16. The maximum absolute atomic E-state index is 12.6. The molecule has 25 heavy (non-hydrogen) atoms. The fraction of sp³-hybridized carbons (Fsp3) is 0.158. The Balaban J connectivity index is 1.80. The number of aryl methyl sites for hydroxylation is 1. The van der Waals surface area contributed by atoms with Crippen molar-refractivity contribution in [2.24, 2.45) is 0 Å². The maximum atomic E-state index is 12.6. The van der Waals surface area contributed by atoms with Crippen LogP contribution in [0, 0.1) is 6.92 Å². The third-order valence-electron chi connectivity index (χ3n) is 3.71. The Kier molecular flexibility index (Phi) is 5.00. The molecule has 0 fully saturated rings. The van der Waals surface area contributed by atoms with E-state index < -0.39 is 0 Å². The predicted molar refractivity (Wildman–Crippen MR) is 99.8 cm³/mol. The van der Waals surface area contributed by atoms with E-state index in [4.69, 9.17) is 9.47 Å². The molecule has 0 aliphatic carbocycles. The molecule has 0 radical (unpaired) electrons. The molecule has 0 aliphatic heterocycles. The Labute approximate surface area is 150 Å². The Morgan fingerprint density at radius 1 is 1.08 bits per heavy atom. The number of methoxy groups -OCH3 is 2. The molecule has 0 spiro atoms. The molecule has 6 heteroatoms. The minimum atomic E-state index is -0.256. The Morgan fingerprint density at radius 3 is 2.44 bits per heavy atom. The van der Waals surface area contributed by atoms with Crippen molar-refractivity contribution in [3.8, 4) is 22.8 Å². The number of benzene rings is 2. The van der Waals surface area contributed by atoms with Gasteiger partial charge < -0.3 is 14.8 Å². The zero-order chi connectivity index (χ0) is 17.8. The summed E-state index contributed by atoms with van der Waals surface area (Å²) in [4.78, 5) is 17.0. The van der Waals surface area contributed by atoms with Gasteiger partial charge in [-0.15, -0.1) is 11.3 Å². The number of rotatable bonds is 5. The van der Waals surface area contributed by atoms with Crippen molar-refractivity contribution in [2.75, 3.05) is 19.5 Å². The summed E-state index contributed by atoms with van der Waals surface area (Å²) in [5.41, 5.74) is 3.07. The second kappa shape index (κ2) is 7.36. The number of carbonyl (C=O) groups is 1. The highest BCUT2D eigenvalue weighted by Crippen LogP contribution is 2.31. The van der Waals surface area contributed by atoms with Crippen LogP contribution in [-0.2, 0) is 0 Å². The number of para-hydroxylation sites is 1. The summed E-state index contributed by atoms with van der Waals surface area (Å²) in [6.07, 6.45) is 0. The van der Waals surface area contributed by atoms with E-state index in [1.54, 1.807) is 36.6 Å². The van der Waals surface area contributed by atoms with E-state index in [1.165, 1.54) is 7.11 Å². The molecule has 3 aromatic rings. The average Bonchev–Trinajstić information content (AvgIpc) is 3.07. The summed E-state index contributed by atoms with van der Waals surface area (Å²) in [5, 5.41) is 5.92. The van der Waals surface area contributed by atoms with Crippen molar-refractivity contribution in [1.82, 2.24) is 4.98 Å². The van der Waals surface area contributed by atoms with Crippen LogP contribution in [0.1, 0.15) is 15.4 Å². The molecule has 5 nitrogen and oxygen atoms in total. The van der Waals surface area contributed by atoms with Gasteiger partial charge in [0.05, 0.1) is 30.5 Å². The number of aromatic nitrogens is 1. The lowest BCUT2D eigenvalue weighted by molar-refractivity contribution is 0.102. The van der Waals surface area contributed by atoms with Gasteiger partial charge >= 0.3 is 0 Å². The van der Waals surface area contributed by atoms with Gasteiger partial charge in [-0.05, 0) is 31.2 Å². The fourth-order valence-electron chi connectivity index (χ4n) is 2.48. The fourth-order valence-corrected chi connectivity index (χ4v) is 3.11. The number of hydrogen-bond donors (Lipinski definition) is 1. The number of ether oxygens (including phenoxy) is 2. The normalized spacial score (nSPS) is 10.4. The van der Waals surface area contributed by atoms with Crippen molar-refractivity contribution in [2.45, 2.75) is 6.92 Å². The van der Waals surface area contributed by atoms with Crippen LogP contribution < -0.4 is 14.8 Å². The molecule has 0 saturated heterocycles. The Bertz CT molecular complexity index is 888. The minimum Gasteiger partial charge on any atom is -0.493 e. The predicted octanol–water partition coefficient (Wildman–Crippen LogP) is 4.39. The summed E-state index contributed by atoms with van der Waals surface area (Å²) in [5.74, 6) is 0.675. The SMILES string of the molecule is COc1cccc(C(=O)Nc2ccc(-c3csc(C)n3)cc2)c1OC. The molecule has 0 bridgehead atoms. The van der Waals surface area contributed by atoms with E-state index in [-0.39, 0.29) is 5.91 Å². The van der Waals surface area contributed by atoms with Crippen LogP contribution in [0.3, 0.4) is 0 Å². The summed E-state index contributed by atoms with van der Waals surface area (Å²) >= 11 is 1.61. The van der Waals surface area contributed by atoms with Crippen LogP contribution >= 0.6 is 11.3 Å². The van der Waals surface area contributed by atoms with E-state index >= 15 is 0 Å². The lowest BCUT2D eigenvalue weighted by Crippen LogP contribution is -2.13. The second-order valence-electron chi connectivity index (χ2n) is 5.32. The van der Waals surface area contributed by atoms with Gasteiger partial charge in [0.25, 0.3) is 5.91 Å². The van der Waals surface area contributed by atoms with Crippen molar-refractivity contribution in [3.63, 3.8) is 0 Å². The Hall–Kier alpha value is -2.86. The van der Waals surface area contributed by atoms with E-state index in [1.807, 2.05) is 36.6 Å². The highest BCUT2D eigenvalue weighted by atomic mass is 32.1. The Morgan fingerprint density at radius 2 is 1.84 bits per heavy atom. The number of nitrogens with one attached hydrogen (secondary N) is 1. The second-order valence-corrected chi connectivity index (χ2v) is 6.39. The number of amides is 1. The first-order chi connectivity index (χ1) is 12.1. The zero-order valence-corrected chi connectivity index (χ0v) is 15.0.